The zero-order valence-electron chi connectivity index (χ0n) is 15.4. The van der Waals surface area contributed by atoms with Crippen LogP contribution in [0.1, 0.15) is 29.7 Å². The molecule has 2 aromatic rings. The van der Waals surface area contributed by atoms with Crippen LogP contribution in [0.3, 0.4) is 0 Å². The lowest BCUT2D eigenvalue weighted by molar-refractivity contribution is 0.197. The Labute approximate surface area is 150 Å². The van der Waals surface area contributed by atoms with Crippen LogP contribution in [0.4, 0.5) is 0 Å². The lowest BCUT2D eigenvalue weighted by Gasteiger charge is -2.36. The molecule has 1 atom stereocenters. The van der Waals surface area contributed by atoms with Crippen LogP contribution < -0.4 is 14.8 Å². The first-order valence-corrected chi connectivity index (χ1v) is 9.05. The summed E-state index contributed by atoms with van der Waals surface area (Å²) >= 11 is 0. The Hall–Kier alpha value is -2.04. The minimum absolute atomic E-state index is 0.230. The summed E-state index contributed by atoms with van der Waals surface area (Å²) in [6.07, 6.45) is 0. The fourth-order valence-electron chi connectivity index (χ4n) is 3.55. The summed E-state index contributed by atoms with van der Waals surface area (Å²) in [6.45, 7) is 8.94. The smallest absolute Gasteiger partial charge is 0.161 e. The van der Waals surface area contributed by atoms with E-state index in [1.165, 1.54) is 16.7 Å². The highest BCUT2D eigenvalue weighted by Gasteiger charge is 2.26. The Bertz CT molecular complexity index is 696. The predicted octanol–water partition coefficient (Wildman–Crippen LogP) is 3.40. The van der Waals surface area contributed by atoms with Crippen molar-refractivity contribution < 1.29 is 9.47 Å². The summed E-state index contributed by atoms with van der Waals surface area (Å²) in [6, 6.07) is 15.2. The molecule has 1 N–H and O–H groups in total. The highest BCUT2D eigenvalue weighted by molar-refractivity contribution is 5.47. The van der Waals surface area contributed by atoms with E-state index in [9.17, 15) is 0 Å². The van der Waals surface area contributed by atoms with E-state index in [0.717, 1.165) is 37.7 Å². The SMILES string of the molecule is CCOc1cc(C(c2ccccc2C)N2CCNCC2)ccc1OC. The molecule has 0 radical (unpaired) electrons. The van der Waals surface area contributed by atoms with Gasteiger partial charge < -0.3 is 14.8 Å². The molecule has 25 heavy (non-hydrogen) atoms. The molecule has 1 heterocycles. The van der Waals surface area contributed by atoms with Crippen molar-refractivity contribution in [2.45, 2.75) is 19.9 Å². The van der Waals surface area contributed by atoms with Crippen LogP contribution in [-0.2, 0) is 0 Å². The molecule has 4 heteroatoms. The Kier molecular flexibility index (Phi) is 5.95. The number of nitrogens with one attached hydrogen (secondary N) is 1. The minimum Gasteiger partial charge on any atom is -0.493 e. The van der Waals surface area contributed by atoms with Crippen molar-refractivity contribution in [3.63, 3.8) is 0 Å². The van der Waals surface area contributed by atoms with E-state index in [1.807, 2.05) is 13.0 Å². The molecule has 3 rings (SSSR count). The highest BCUT2D eigenvalue weighted by Crippen LogP contribution is 2.36. The number of methoxy groups -OCH3 is 1. The van der Waals surface area contributed by atoms with E-state index in [1.54, 1.807) is 7.11 Å². The van der Waals surface area contributed by atoms with Crippen LogP contribution in [0.2, 0.25) is 0 Å². The second-order valence-corrected chi connectivity index (χ2v) is 6.39. The molecule has 1 aliphatic rings. The van der Waals surface area contributed by atoms with Crippen LogP contribution in [0, 0.1) is 6.92 Å². The zero-order chi connectivity index (χ0) is 17.6. The first kappa shape index (κ1) is 17.8. The van der Waals surface area contributed by atoms with Crippen molar-refractivity contribution in [1.29, 1.82) is 0 Å². The van der Waals surface area contributed by atoms with E-state index in [0.29, 0.717) is 6.61 Å². The standard InChI is InChI=1S/C21H28N2O2/c1-4-25-20-15-17(9-10-19(20)24-3)21(23-13-11-22-12-14-23)18-8-6-5-7-16(18)2/h5-10,15,21-22H,4,11-14H2,1-3H3. The normalized spacial score (nSPS) is 16.4. The monoisotopic (exact) mass is 340 g/mol. The number of benzene rings is 2. The minimum atomic E-state index is 0.230. The molecule has 1 fully saturated rings. The molecule has 0 saturated carbocycles. The average molecular weight is 340 g/mol. The lowest BCUT2D eigenvalue weighted by Crippen LogP contribution is -2.45. The fourth-order valence-corrected chi connectivity index (χ4v) is 3.55. The van der Waals surface area contributed by atoms with Crippen molar-refractivity contribution in [3.8, 4) is 11.5 Å². The predicted molar refractivity (Wildman–Crippen MR) is 102 cm³/mol. The Morgan fingerprint density at radius 3 is 2.52 bits per heavy atom. The van der Waals surface area contributed by atoms with Crippen molar-refractivity contribution in [3.05, 3.63) is 59.2 Å². The molecule has 2 aromatic carbocycles. The number of hydrogen-bond donors (Lipinski definition) is 1. The molecule has 0 spiro atoms. The van der Waals surface area contributed by atoms with E-state index >= 15 is 0 Å². The van der Waals surface area contributed by atoms with Gasteiger partial charge in [-0.1, -0.05) is 30.3 Å². The van der Waals surface area contributed by atoms with Gasteiger partial charge in [0.15, 0.2) is 11.5 Å². The fraction of sp³-hybridized carbons (Fsp3) is 0.429. The van der Waals surface area contributed by atoms with Gasteiger partial charge in [0.25, 0.3) is 0 Å². The quantitative estimate of drug-likeness (QED) is 0.874. The summed E-state index contributed by atoms with van der Waals surface area (Å²) in [7, 11) is 1.69. The molecule has 1 saturated heterocycles. The summed E-state index contributed by atoms with van der Waals surface area (Å²) in [4.78, 5) is 2.55. The third kappa shape index (κ3) is 3.97. The first-order chi connectivity index (χ1) is 12.2. The van der Waals surface area contributed by atoms with E-state index in [4.69, 9.17) is 9.47 Å². The molecule has 0 bridgehead atoms. The highest BCUT2D eigenvalue weighted by atomic mass is 16.5. The molecule has 0 amide bonds. The largest absolute Gasteiger partial charge is 0.493 e. The van der Waals surface area contributed by atoms with Gasteiger partial charge in [0.2, 0.25) is 0 Å². The summed E-state index contributed by atoms with van der Waals surface area (Å²) in [5, 5.41) is 3.45. The molecule has 134 valence electrons. The maximum absolute atomic E-state index is 5.82. The van der Waals surface area contributed by atoms with Gasteiger partial charge in [-0.25, -0.2) is 0 Å². The zero-order valence-corrected chi connectivity index (χ0v) is 15.4. The maximum Gasteiger partial charge on any atom is 0.161 e. The number of ether oxygens (including phenoxy) is 2. The van der Waals surface area contributed by atoms with Gasteiger partial charge in [-0.2, -0.15) is 0 Å². The molecular formula is C21H28N2O2. The van der Waals surface area contributed by atoms with E-state index < -0.39 is 0 Å². The van der Waals surface area contributed by atoms with Crippen LogP contribution in [0.5, 0.6) is 11.5 Å². The van der Waals surface area contributed by atoms with Crippen LogP contribution in [-0.4, -0.2) is 44.8 Å². The van der Waals surface area contributed by atoms with Crippen molar-refractivity contribution in [2.24, 2.45) is 0 Å². The molecule has 4 nitrogen and oxygen atoms in total. The van der Waals surface area contributed by atoms with Crippen LogP contribution in [0.25, 0.3) is 0 Å². The van der Waals surface area contributed by atoms with E-state index in [2.05, 4.69) is 53.5 Å². The average Bonchev–Trinajstić information content (AvgIpc) is 2.65. The van der Waals surface area contributed by atoms with Crippen LogP contribution in [0.15, 0.2) is 42.5 Å². The van der Waals surface area contributed by atoms with Gasteiger partial charge in [-0.3, -0.25) is 4.90 Å². The number of nitrogens with zero attached hydrogens (tertiary/aromatic N) is 1. The maximum atomic E-state index is 5.82. The molecule has 1 aliphatic heterocycles. The number of rotatable bonds is 6. The molecular weight excluding hydrogens is 312 g/mol. The lowest BCUT2D eigenvalue weighted by atomic mass is 9.93. The third-order valence-electron chi connectivity index (χ3n) is 4.80. The molecule has 0 aliphatic carbocycles. The second kappa shape index (κ2) is 8.37. The van der Waals surface area contributed by atoms with Gasteiger partial charge in [-0.15, -0.1) is 0 Å². The third-order valence-corrected chi connectivity index (χ3v) is 4.80. The Balaban J connectivity index is 2.05. The number of piperazine rings is 1. The summed E-state index contributed by atoms with van der Waals surface area (Å²) < 4.78 is 11.3. The van der Waals surface area contributed by atoms with Gasteiger partial charge in [0.05, 0.1) is 19.8 Å². The Morgan fingerprint density at radius 1 is 1.08 bits per heavy atom. The Morgan fingerprint density at radius 2 is 1.84 bits per heavy atom. The van der Waals surface area contributed by atoms with E-state index in [-0.39, 0.29) is 6.04 Å². The topological polar surface area (TPSA) is 33.7 Å². The van der Waals surface area contributed by atoms with Gasteiger partial charge in [-0.05, 0) is 42.7 Å². The molecule has 1 unspecified atom stereocenters. The van der Waals surface area contributed by atoms with Crippen molar-refractivity contribution >= 4 is 0 Å². The van der Waals surface area contributed by atoms with Crippen molar-refractivity contribution in [1.82, 2.24) is 10.2 Å². The van der Waals surface area contributed by atoms with Gasteiger partial charge in [0, 0.05) is 26.2 Å². The van der Waals surface area contributed by atoms with Gasteiger partial charge in [0.1, 0.15) is 0 Å². The number of hydrogen-bond acceptors (Lipinski definition) is 4. The molecule has 0 aromatic heterocycles. The first-order valence-electron chi connectivity index (χ1n) is 9.05. The summed E-state index contributed by atoms with van der Waals surface area (Å²) in [5.74, 6) is 1.60. The second-order valence-electron chi connectivity index (χ2n) is 6.39. The number of aryl methyl sites for hydroxylation is 1. The van der Waals surface area contributed by atoms with Crippen LogP contribution >= 0.6 is 0 Å². The van der Waals surface area contributed by atoms with Gasteiger partial charge >= 0.3 is 0 Å². The van der Waals surface area contributed by atoms with Crippen molar-refractivity contribution in [2.75, 3.05) is 39.9 Å². The summed E-state index contributed by atoms with van der Waals surface area (Å²) in [5.41, 5.74) is 3.93.